The number of carbonyl (C=O) groups excluding carboxylic acids is 1. The first-order chi connectivity index (χ1) is 5.65. The van der Waals surface area contributed by atoms with Crippen LogP contribution in [0.3, 0.4) is 0 Å². The van der Waals surface area contributed by atoms with Gasteiger partial charge in [0.2, 0.25) is 0 Å². The quantitative estimate of drug-likeness (QED) is 0.586. The van der Waals surface area contributed by atoms with Crippen LogP contribution in [0.25, 0.3) is 0 Å². The number of halogens is 1. The van der Waals surface area contributed by atoms with E-state index in [2.05, 4.69) is 35.5 Å². The van der Waals surface area contributed by atoms with Gasteiger partial charge in [-0.25, -0.2) is 4.98 Å². The van der Waals surface area contributed by atoms with Gasteiger partial charge in [0.1, 0.15) is 4.60 Å². The summed E-state index contributed by atoms with van der Waals surface area (Å²) in [5.41, 5.74) is 1.22. The van der Waals surface area contributed by atoms with Crippen LogP contribution in [0.5, 0.6) is 0 Å². The van der Waals surface area contributed by atoms with E-state index in [1.54, 1.807) is 19.2 Å². The molecule has 1 atom stereocenters. The fourth-order valence-corrected chi connectivity index (χ4v) is 1.66. The van der Waals surface area contributed by atoms with Crippen molar-refractivity contribution in [3.63, 3.8) is 0 Å². The molecule has 0 aliphatic rings. The third kappa shape index (κ3) is 2.02. The highest BCUT2D eigenvalue weighted by Gasteiger charge is 2.07. The summed E-state index contributed by atoms with van der Waals surface area (Å²) in [5.74, 6) is -0.125. The average molecular weight is 247 g/mol. The first-order valence-corrected chi connectivity index (χ1v) is 4.66. The highest BCUT2D eigenvalue weighted by atomic mass is 79.9. The van der Waals surface area contributed by atoms with Crippen molar-refractivity contribution >= 4 is 36.5 Å². The molecule has 0 spiro atoms. The van der Waals surface area contributed by atoms with E-state index in [0.717, 1.165) is 4.60 Å². The lowest BCUT2D eigenvalue weighted by atomic mass is 10.3. The van der Waals surface area contributed by atoms with E-state index in [0.29, 0.717) is 11.0 Å². The molecule has 0 aromatic carbocycles. The van der Waals surface area contributed by atoms with Crippen molar-refractivity contribution in [1.82, 2.24) is 10.3 Å². The summed E-state index contributed by atoms with van der Waals surface area (Å²) >= 11 is 3.21. The smallest absolute Gasteiger partial charge is 0.253 e. The van der Waals surface area contributed by atoms with Crippen LogP contribution >= 0.6 is 25.2 Å². The first-order valence-electron chi connectivity index (χ1n) is 3.29. The van der Waals surface area contributed by atoms with Crippen LogP contribution in [0.15, 0.2) is 16.7 Å². The molecule has 0 radical (unpaired) electrons. The van der Waals surface area contributed by atoms with Gasteiger partial charge in [-0.05, 0) is 28.1 Å². The zero-order valence-corrected chi connectivity index (χ0v) is 9.21. The summed E-state index contributed by atoms with van der Waals surface area (Å²) in [5, 5.41) is 2.53. The minimum atomic E-state index is -0.125. The molecule has 1 unspecified atom stereocenters. The minimum absolute atomic E-state index is 0.125. The van der Waals surface area contributed by atoms with Gasteiger partial charge in [0.25, 0.3) is 5.91 Å². The molecule has 1 aromatic heterocycles. The van der Waals surface area contributed by atoms with Crippen LogP contribution < -0.4 is 10.8 Å². The second kappa shape index (κ2) is 3.97. The van der Waals surface area contributed by atoms with Crippen LogP contribution in [0.1, 0.15) is 10.4 Å². The lowest BCUT2D eigenvalue weighted by molar-refractivity contribution is 0.0964. The molecule has 1 aromatic rings. The molecule has 1 amide bonds. The van der Waals surface area contributed by atoms with Gasteiger partial charge >= 0.3 is 0 Å². The second-order valence-corrected chi connectivity index (χ2v) is 3.51. The van der Waals surface area contributed by atoms with Gasteiger partial charge in [-0.15, -0.1) is 0 Å². The number of aromatic nitrogens is 1. The number of hydrogen-bond acceptors (Lipinski definition) is 2. The van der Waals surface area contributed by atoms with E-state index in [1.165, 1.54) is 0 Å². The van der Waals surface area contributed by atoms with Gasteiger partial charge in [-0.3, -0.25) is 4.79 Å². The van der Waals surface area contributed by atoms with Crippen LogP contribution in [0.4, 0.5) is 0 Å². The van der Waals surface area contributed by atoms with Crippen LogP contribution in [-0.4, -0.2) is 17.9 Å². The highest BCUT2D eigenvalue weighted by Crippen LogP contribution is 2.06. The van der Waals surface area contributed by atoms with Crippen molar-refractivity contribution in [3.05, 3.63) is 22.3 Å². The molecule has 3 nitrogen and oxygen atoms in total. The summed E-state index contributed by atoms with van der Waals surface area (Å²) in [6.07, 6.45) is 0. The Labute approximate surface area is 81.3 Å². The minimum Gasteiger partial charge on any atom is -0.355 e. The van der Waals surface area contributed by atoms with Crippen molar-refractivity contribution in [3.8, 4) is 0 Å². The van der Waals surface area contributed by atoms with Gasteiger partial charge in [-0.1, -0.05) is 9.24 Å². The predicted molar refractivity (Wildman–Crippen MR) is 54.7 cm³/mol. The van der Waals surface area contributed by atoms with E-state index >= 15 is 0 Å². The van der Waals surface area contributed by atoms with Crippen molar-refractivity contribution in [2.75, 3.05) is 7.05 Å². The standard InChI is InChI=1S/C7H8BrN2OP/c1-9-6(11)4-2-3-5(8)10-7(4)12/h2-3H,12H2,1H3,(H,9,11). The van der Waals surface area contributed by atoms with Crippen LogP contribution in [-0.2, 0) is 0 Å². The Bertz CT molecular complexity index is 316. The molecule has 0 aliphatic heterocycles. The Morgan fingerprint density at radius 2 is 2.33 bits per heavy atom. The van der Waals surface area contributed by atoms with Gasteiger partial charge in [-0.2, -0.15) is 0 Å². The molecule has 1 N–H and O–H groups in total. The monoisotopic (exact) mass is 246 g/mol. The van der Waals surface area contributed by atoms with E-state index in [4.69, 9.17) is 0 Å². The number of nitrogens with zero attached hydrogens (tertiary/aromatic N) is 1. The Balaban J connectivity index is 3.09. The number of hydrogen-bond donors (Lipinski definition) is 1. The largest absolute Gasteiger partial charge is 0.355 e. The van der Waals surface area contributed by atoms with E-state index in [-0.39, 0.29) is 5.91 Å². The zero-order chi connectivity index (χ0) is 9.14. The summed E-state index contributed by atoms with van der Waals surface area (Å²) in [4.78, 5) is 15.2. The molecule has 1 heterocycles. The summed E-state index contributed by atoms with van der Waals surface area (Å²) in [6, 6.07) is 3.45. The topological polar surface area (TPSA) is 42.0 Å². The van der Waals surface area contributed by atoms with Gasteiger partial charge in [0, 0.05) is 7.05 Å². The molecular weight excluding hydrogens is 239 g/mol. The molecule has 0 saturated heterocycles. The lowest BCUT2D eigenvalue weighted by Gasteiger charge is -2.02. The Hall–Kier alpha value is -0.470. The van der Waals surface area contributed by atoms with Crippen molar-refractivity contribution in [1.29, 1.82) is 0 Å². The molecular formula is C7H8BrN2OP. The lowest BCUT2D eigenvalue weighted by Crippen LogP contribution is -2.23. The third-order valence-corrected chi connectivity index (χ3v) is 2.24. The second-order valence-electron chi connectivity index (χ2n) is 2.15. The highest BCUT2D eigenvalue weighted by molar-refractivity contribution is 9.10. The van der Waals surface area contributed by atoms with Crippen molar-refractivity contribution < 1.29 is 4.79 Å². The fraction of sp³-hybridized carbons (Fsp3) is 0.143. The van der Waals surface area contributed by atoms with Crippen LogP contribution in [0, 0.1) is 0 Å². The molecule has 0 saturated carbocycles. The number of carbonyl (C=O) groups is 1. The summed E-state index contributed by atoms with van der Waals surface area (Å²) < 4.78 is 0.722. The third-order valence-electron chi connectivity index (χ3n) is 1.36. The number of pyridine rings is 1. The van der Waals surface area contributed by atoms with Gasteiger partial charge in [0.15, 0.2) is 0 Å². The Kier molecular flexibility index (Phi) is 3.18. The first kappa shape index (κ1) is 9.62. The zero-order valence-electron chi connectivity index (χ0n) is 6.47. The SMILES string of the molecule is CNC(=O)c1ccc(Br)nc1P. The molecule has 1 rings (SSSR count). The molecule has 64 valence electrons. The molecule has 0 fully saturated rings. The molecule has 12 heavy (non-hydrogen) atoms. The molecule has 0 bridgehead atoms. The Morgan fingerprint density at radius 1 is 1.67 bits per heavy atom. The maximum absolute atomic E-state index is 11.2. The summed E-state index contributed by atoms with van der Waals surface area (Å²) in [7, 11) is 4.01. The van der Waals surface area contributed by atoms with Gasteiger partial charge in [0.05, 0.1) is 11.0 Å². The summed E-state index contributed by atoms with van der Waals surface area (Å²) in [6.45, 7) is 0. The maximum Gasteiger partial charge on any atom is 0.253 e. The van der Waals surface area contributed by atoms with E-state index in [9.17, 15) is 4.79 Å². The van der Waals surface area contributed by atoms with E-state index < -0.39 is 0 Å². The Morgan fingerprint density at radius 3 is 2.83 bits per heavy atom. The van der Waals surface area contributed by atoms with Crippen LogP contribution in [0.2, 0.25) is 0 Å². The van der Waals surface area contributed by atoms with Crippen molar-refractivity contribution in [2.24, 2.45) is 0 Å². The van der Waals surface area contributed by atoms with E-state index in [1.807, 2.05) is 0 Å². The normalized spacial score (nSPS) is 9.58. The number of rotatable bonds is 1. The molecule has 0 aliphatic carbocycles. The van der Waals surface area contributed by atoms with Crippen molar-refractivity contribution in [2.45, 2.75) is 0 Å². The average Bonchev–Trinajstić information content (AvgIpc) is 2.03. The molecule has 5 heteroatoms. The number of nitrogens with one attached hydrogen (secondary N) is 1. The predicted octanol–water partition coefficient (Wildman–Crippen LogP) is 0.704. The fourth-order valence-electron chi connectivity index (χ4n) is 0.777. The van der Waals surface area contributed by atoms with Gasteiger partial charge < -0.3 is 5.32 Å². The maximum atomic E-state index is 11.2. The number of amides is 1.